The average Bonchev–Trinajstić information content (AvgIpc) is 2.50. The van der Waals surface area contributed by atoms with Crippen LogP contribution in [0, 0.1) is 5.82 Å². The van der Waals surface area contributed by atoms with Gasteiger partial charge in [-0.25, -0.2) is 14.4 Å². The highest BCUT2D eigenvalue weighted by Crippen LogP contribution is 2.31. The van der Waals surface area contributed by atoms with Gasteiger partial charge >= 0.3 is 0 Å². The number of fused-ring (bicyclic) bond motifs is 1. The van der Waals surface area contributed by atoms with Crippen LogP contribution in [0.5, 0.6) is 0 Å². The van der Waals surface area contributed by atoms with Crippen LogP contribution in [0.1, 0.15) is 31.0 Å². The number of halogens is 2. The van der Waals surface area contributed by atoms with Gasteiger partial charge in [-0.3, -0.25) is 0 Å². The van der Waals surface area contributed by atoms with Crippen LogP contribution in [0.3, 0.4) is 0 Å². The molecule has 3 nitrogen and oxygen atoms in total. The molecular weight excluding hydrogens is 333 g/mol. The van der Waals surface area contributed by atoms with E-state index in [1.807, 2.05) is 0 Å². The Morgan fingerprint density at radius 1 is 1.24 bits per heavy atom. The average molecular weight is 350 g/mol. The molecular formula is C16H17BrFN3. The summed E-state index contributed by atoms with van der Waals surface area (Å²) in [5.74, 6) is 1.20. The molecule has 21 heavy (non-hydrogen) atoms. The van der Waals surface area contributed by atoms with Crippen molar-refractivity contribution >= 4 is 21.7 Å². The van der Waals surface area contributed by atoms with Crippen molar-refractivity contribution in [1.29, 1.82) is 0 Å². The smallest absolute Gasteiger partial charge is 0.163 e. The highest BCUT2D eigenvalue weighted by molar-refractivity contribution is 9.10. The van der Waals surface area contributed by atoms with E-state index < -0.39 is 0 Å². The Hall–Kier alpha value is -1.49. The summed E-state index contributed by atoms with van der Waals surface area (Å²) in [6.07, 6.45) is 4.32. The van der Waals surface area contributed by atoms with Gasteiger partial charge < -0.3 is 5.32 Å². The number of anilines is 1. The van der Waals surface area contributed by atoms with Gasteiger partial charge in [-0.05, 0) is 50.8 Å². The lowest BCUT2D eigenvalue weighted by Gasteiger charge is -2.19. The van der Waals surface area contributed by atoms with E-state index in [2.05, 4.69) is 38.1 Å². The zero-order chi connectivity index (χ0) is 14.8. The number of aryl methyl sites for hydroxylation is 1. The van der Waals surface area contributed by atoms with Gasteiger partial charge in [-0.1, -0.05) is 15.9 Å². The van der Waals surface area contributed by atoms with Crippen molar-refractivity contribution in [1.82, 2.24) is 9.97 Å². The topological polar surface area (TPSA) is 37.8 Å². The van der Waals surface area contributed by atoms with Crippen LogP contribution in [-0.4, -0.2) is 16.5 Å². The van der Waals surface area contributed by atoms with Crippen LogP contribution >= 0.6 is 15.9 Å². The van der Waals surface area contributed by atoms with Crippen molar-refractivity contribution in [3.8, 4) is 11.4 Å². The largest absolute Gasteiger partial charge is 0.370 e. The van der Waals surface area contributed by atoms with Gasteiger partial charge in [-0.15, -0.1) is 0 Å². The minimum absolute atomic E-state index is 0.278. The molecule has 0 aliphatic heterocycles. The molecule has 1 N–H and O–H groups in total. The second-order valence-corrected chi connectivity index (χ2v) is 6.04. The first-order valence-corrected chi connectivity index (χ1v) is 8.07. The zero-order valence-electron chi connectivity index (χ0n) is 11.9. The predicted octanol–water partition coefficient (Wildman–Crippen LogP) is 4.36. The Labute approximate surface area is 132 Å². The quantitative estimate of drug-likeness (QED) is 0.894. The third-order valence-corrected chi connectivity index (χ3v) is 4.39. The van der Waals surface area contributed by atoms with Gasteiger partial charge in [0, 0.05) is 27.8 Å². The number of hydrogen-bond donors (Lipinski definition) is 1. The molecule has 0 amide bonds. The fraction of sp³-hybridized carbons (Fsp3) is 0.375. The van der Waals surface area contributed by atoms with Gasteiger partial charge in [-0.2, -0.15) is 0 Å². The first kappa shape index (κ1) is 14.4. The van der Waals surface area contributed by atoms with Crippen molar-refractivity contribution < 1.29 is 4.39 Å². The van der Waals surface area contributed by atoms with Gasteiger partial charge in [0.25, 0.3) is 0 Å². The maximum atomic E-state index is 13.5. The molecule has 0 spiro atoms. The number of rotatable bonds is 3. The highest BCUT2D eigenvalue weighted by atomic mass is 79.9. The van der Waals surface area contributed by atoms with E-state index in [1.165, 1.54) is 24.1 Å². The van der Waals surface area contributed by atoms with Gasteiger partial charge in [0.05, 0.1) is 0 Å². The van der Waals surface area contributed by atoms with E-state index >= 15 is 0 Å². The molecule has 1 heterocycles. The summed E-state index contributed by atoms with van der Waals surface area (Å²) >= 11 is 3.46. The summed E-state index contributed by atoms with van der Waals surface area (Å²) in [6.45, 7) is 2.86. The van der Waals surface area contributed by atoms with E-state index in [9.17, 15) is 4.39 Å². The fourth-order valence-electron chi connectivity index (χ4n) is 2.70. The van der Waals surface area contributed by atoms with Gasteiger partial charge in [0.15, 0.2) is 5.82 Å². The third-order valence-electron chi connectivity index (χ3n) is 3.70. The lowest BCUT2D eigenvalue weighted by Crippen LogP contribution is -2.13. The molecule has 110 valence electrons. The molecule has 0 fully saturated rings. The van der Waals surface area contributed by atoms with Crippen molar-refractivity contribution in [2.24, 2.45) is 0 Å². The van der Waals surface area contributed by atoms with Crippen LogP contribution in [0.2, 0.25) is 0 Å². The lowest BCUT2D eigenvalue weighted by atomic mass is 9.96. The normalized spacial score (nSPS) is 13.9. The Morgan fingerprint density at radius 3 is 2.86 bits per heavy atom. The summed E-state index contributed by atoms with van der Waals surface area (Å²) in [7, 11) is 0. The Kier molecular flexibility index (Phi) is 4.19. The van der Waals surface area contributed by atoms with Crippen molar-refractivity contribution in [2.45, 2.75) is 32.6 Å². The van der Waals surface area contributed by atoms with E-state index in [-0.39, 0.29) is 5.82 Å². The van der Waals surface area contributed by atoms with Crippen molar-refractivity contribution in [3.05, 3.63) is 39.7 Å². The van der Waals surface area contributed by atoms with E-state index in [1.54, 1.807) is 6.07 Å². The number of nitrogens with one attached hydrogen (secondary N) is 1. The molecule has 5 heteroatoms. The summed E-state index contributed by atoms with van der Waals surface area (Å²) in [6, 6.07) is 4.60. The van der Waals surface area contributed by atoms with E-state index in [0.29, 0.717) is 11.4 Å². The molecule has 1 aliphatic carbocycles. The van der Waals surface area contributed by atoms with E-state index in [4.69, 9.17) is 0 Å². The van der Waals surface area contributed by atoms with Crippen molar-refractivity contribution in [3.63, 3.8) is 0 Å². The maximum Gasteiger partial charge on any atom is 0.163 e. The molecule has 1 aliphatic rings. The van der Waals surface area contributed by atoms with Crippen molar-refractivity contribution in [2.75, 3.05) is 11.9 Å². The predicted molar refractivity (Wildman–Crippen MR) is 85.9 cm³/mol. The minimum Gasteiger partial charge on any atom is -0.370 e. The summed E-state index contributed by atoms with van der Waals surface area (Å²) in [5.41, 5.74) is 3.01. The molecule has 0 saturated heterocycles. The molecule has 3 rings (SSSR count). The first-order valence-electron chi connectivity index (χ1n) is 7.28. The van der Waals surface area contributed by atoms with Crippen LogP contribution in [0.15, 0.2) is 22.7 Å². The van der Waals surface area contributed by atoms with Crippen LogP contribution < -0.4 is 5.32 Å². The molecule has 1 aromatic carbocycles. The summed E-state index contributed by atoms with van der Waals surface area (Å²) in [4.78, 5) is 9.31. The zero-order valence-corrected chi connectivity index (χ0v) is 13.5. The Morgan fingerprint density at radius 2 is 2.05 bits per heavy atom. The summed E-state index contributed by atoms with van der Waals surface area (Å²) in [5, 5.41) is 3.32. The Balaban J connectivity index is 2.14. The Bertz CT molecular complexity index is 673. The first-order chi connectivity index (χ1) is 10.2. The second-order valence-electron chi connectivity index (χ2n) is 5.18. The lowest BCUT2D eigenvalue weighted by molar-refractivity contribution is 0.627. The van der Waals surface area contributed by atoms with Crippen LogP contribution in [0.25, 0.3) is 11.4 Å². The monoisotopic (exact) mass is 349 g/mol. The third kappa shape index (κ3) is 2.93. The standard InChI is InChI=1S/C16H17BrFN3/c1-2-19-15-11-5-3-4-6-14(11)20-16(21-15)12-9-10(18)7-8-13(12)17/h7-9H,2-6H2,1H3,(H,19,20,21). The number of aromatic nitrogens is 2. The molecule has 2 aromatic rings. The summed E-state index contributed by atoms with van der Waals surface area (Å²) < 4.78 is 14.3. The minimum atomic E-state index is -0.278. The number of hydrogen-bond acceptors (Lipinski definition) is 3. The fourth-order valence-corrected chi connectivity index (χ4v) is 3.12. The molecule has 0 unspecified atom stereocenters. The second kappa shape index (κ2) is 6.10. The van der Waals surface area contributed by atoms with Crippen LogP contribution in [0.4, 0.5) is 10.2 Å². The number of nitrogens with zero attached hydrogens (tertiary/aromatic N) is 2. The highest BCUT2D eigenvalue weighted by Gasteiger charge is 2.19. The van der Waals surface area contributed by atoms with Gasteiger partial charge in [0.2, 0.25) is 0 Å². The maximum absolute atomic E-state index is 13.5. The SMILES string of the molecule is CCNc1nc(-c2cc(F)ccc2Br)nc2c1CCCC2. The molecule has 0 bridgehead atoms. The molecule has 0 radical (unpaired) electrons. The van der Waals surface area contributed by atoms with Gasteiger partial charge in [0.1, 0.15) is 11.6 Å². The molecule has 0 saturated carbocycles. The van der Waals surface area contributed by atoms with Crippen LogP contribution in [-0.2, 0) is 12.8 Å². The molecule has 1 aromatic heterocycles. The molecule has 0 atom stereocenters. The number of benzene rings is 1. The van der Waals surface area contributed by atoms with E-state index in [0.717, 1.165) is 41.8 Å².